The van der Waals surface area contributed by atoms with E-state index in [2.05, 4.69) is 33.4 Å². The van der Waals surface area contributed by atoms with Gasteiger partial charge in [-0.3, -0.25) is 4.90 Å². The van der Waals surface area contributed by atoms with Crippen LogP contribution in [0.4, 0.5) is 0 Å². The van der Waals surface area contributed by atoms with Crippen LogP contribution in [0.1, 0.15) is 20.8 Å². The molecule has 0 aromatic heterocycles. The number of morpholine rings is 1. The topological polar surface area (TPSA) is 41.9 Å². The van der Waals surface area contributed by atoms with Crippen molar-refractivity contribution in [1.29, 1.82) is 0 Å². The zero-order valence-corrected chi connectivity index (χ0v) is 12.8. The Bertz CT molecular complexity index is 355. The maximum atomic E-state index is 9.98. The number of aliphatic hydroxyl groups excluding tert-OH is 1. The molecule has 20 heavy (non-hydrogen) atoms. The molecule has 0 amide bonds. The summed E-state index contributed by atoms with van der Waals surface area (Å²) >= 11 is 0. The van der Waals surface area contributed by atoms with Gasteiger partial charge in [-0.05, 0) is 18.9 Å². The van der Waals surface area contributed by atoms with Gasteiger partial charge in [-0.15, -0.1) is 0 Å². The van der Waals surface area contributed by atoms with Gasteiger partial charge in [0.2, 0.25) is 0 Å². The lowest BCUT2D eigenvalue weighted by atomic mass is 10.1. The summed E-state index contributed by atoms with van der Waals surface area (Å²) < 4.78 is 10.7. The third kappa shape index (κ3) is 6.37. The van der Waals surface area contributed by atoms with Gasteiger partial charge < -0.3 is 14.6 Å². The Kier molecular flexibility index (Phi) is 7.59. The molecule has 0 bridgehead atoms. The molecule has 1 aliphatic rings. The van der Waals surface area contributed by atoms with Gasteiger partial charge in [-0.1, -0.05) is 38.2 Å². The van der Waals surface area contributed by atoms with Gasteiger partial charge in [0.1, 0.15) is 18.6 Å². The lowest BCUT2D eigenvalue weighted by Gasteiger charge is -2.30. The molecule has 0 radical (unpaired) electrons. The summed E-state index contributed by atoms with van der Waals surface area (Å²) in [7, 11) is 0. The van der Waals surface area contributed by atoms with Crippen LogP contribution in [0.25, 0.3) is 0 Å². The lowest BCUT2D eigenvalue weighted by molar-refractivity contribution is -0.0834. The van der Waals surface area contributed by atoms with E-state index < -0.39 is 6.23 Å². The monoisotopic (exact) mass is 281 g/mol. The fourth-order valence-electron chi connectivity index (χ4n) is 1.71. The standard InChI is InChI=1S/C16H27NO3/c1-13(2)14(3)6-5-7-15(4)20-12-16(18)17-8-10-19-11-9-17/h5-7,13,16,18H,4,8-12H2,1-3H3/b7-5-,14-6+. The van der Waals surface area contributed by atoms with Crippen molar-refractivity contribution in [1.82, 2.24) is 4.90 Å². The summed E-state index contributed by atoms with van der Waals surface area (Å²) in [4.78, 5) is 1.95. The first-order valence-corrected chi connectivity index (χ1v) is 7.17. The molecule has 0 aromatic rings. The van der Waals surface area contributed by atoms with Crippen molar-refractivity contribution in [2.45, 2.75) is 27.0 Å². The van der Waals surface area contributed by atoms with Crippen LogP contribution in [0, 0.1) is 5.92 Å². The van der Waals surface area contributed by atoms with E-state index >= 15 is 0 Å². The molecule has 1 fully saturated rings. The molecule has 0 aromatic carbocycles. The second kappa shape index (κ2) is 8.95. The van der Waals surface area contributed by atoms with Crippen molar-refractivity contribution in [3.63, 3.8) is 0 Å². The van der Waals surface area contributed by atoms with Crippen LogP contribution in [0.2, 0.25) is 0 Å². The molecule has 114 valence electrons. The highest BCUT2D eigenvalue weighted by molar-refractivity contribution is 5.18. The third-order valence-electron chi connectivity index (χ3n) is 3.44. The summed E-state index contributed by atoms with van der Waals surface area (Å²) in [5.41, 5.74) is 1.31. The fourth-order valence-corrected chi connectivity index (χ4v) is 1.71. The summed E-state index contributed by atoms with van der Waals surface area (Å²) in [6, 6.07) is 0. The molecule has 1 atom stereocenters. The molecule has 1 N–H and O–H groups in total. The molecule has 1 saturated heterocycles. The molecule has 0 aliphatic carbocycles. The van der Waals surface area contributed by atoms with Crippen LogP contribution in [0.5, 0.6) is 0 Å². The van der Waals surface area contributed by atoms with Crippen molar-refractivity contribution in [3.05, 3.63) is 36.1 Å². The van der Waals surface area contributed by atoms with Gasteiger partial charge in [0.15, 0.2) is 0 Å². The molecule has 1 aliphatic heterocycles. The zero-order valence-electron chi connectivity index (χ0n) is 12.8. The Morgan fingerprint density at radius 1 is 1.40 bits per heavy atom. The number of ether oxygens (including phenoxy) is 2. The second-order valence-electron chi connectivity index (χ2n) is 5.33. The average Bonchev–Trinajstić information content (AvgIpc) is 2.45. The number of allylic oxidation sites excluding steroid dienone is 4. The van der Waals surface area contributed by atoms with E-state index in [4.69, 9.17) is 9.47 Å². The SMILES string of the molecule is C=C(/C=C\C=C(/C)C(C)C)OCC(O)N1CCOCC1. The Morgan fingerprint density at radius 2 is 2.05 bits per heavy atom. The minimum atomic E-state index is -0.600. The Balaban J connectivity index is 2.28. The summed E-state index contributed by atoms with van der Waals surface area (Å²) in [6.45, 7) is 13.3. The number of nitrogens with zero attached hydrogens (tertiary/aromatic N) is 1. The summed E-state index contributed by atoms with van der Waals surface area (Å²) in [6.07, 6.45) is 5.20. The normalized spacial score (nSPS) is 19.6. The highest BCUT2D eigenvalue weighted by Crippen LogP contribution is 2.09. The molecule has 4 heteroatoms. The van der Waals surface area contributed by atoms with Gasteiger partial charge in [-0.2, -0.15) is 0 Å². The van der Waals surface area contributed by atoms with E-state index in [-0.39, 0.29) is 6.61 Å². The van der Waals surface area contributed by atoms with Crippen molar-refractivity contribution < 1.29 is 14.6 Å². The number of aliphatic hydroxyl groups is 1. The number of rotatable bonds is 7. The minimum Gasteiger partial charge on any atom is -0.490 e. The molecule has 0 spiro atoms. The van der Waals surface area contributed by atoms with Crippen LogP contribution in [-0.2, 0) is 9.47 Å². The Labute approximate surface area is 122 Å². The van der Waals surface area contributed by atoms with Crippen molar-refractivity contribution in [2.24, 2.45) is 5.92 Å². The Hall–Kier alpha value is -1.10. The quantitative estimate of drug-likeness (QED) is 0.574. The van der Waals surface area contributed by atoms with Gasteiger partial charge >= 0.3 is 0 Å². The molecular formula is C16H27NO3. The molecule has 4 nitrogen and oxygen atoms in total. The third-order valence-corrected chi connectivity index (χ3v) is 3.44. The maximum Gasteiger partial charge on any atom is 0.141 e. The number of hydrogen-bond acceptors (Lipinski definition) is 4. The maximum absolute atomic E-state index is 9.98. The molecule has 0 saturated carbocycles. The van der Waals surface area contributed by atoms with Crippen LogP contribution in [-0.4, -0.2) is 49.1 Å². The van der Waals surface area contributed by atoms with E-state index in [1.807, 2.05) is 17.1 Å². The van der Waals surface area contributed by atoms with E-state index in [0.717, 1.165) is 13.1 Å². The molecule has 1 heterocycles. The smallest absolute Gasteiger partial charge is 0.141 e. The van der Waals surface area contributed by atoms with Crippen LogP contribution >= 0.6 is 0 Å². The first kappa shape index (κ1) is 17.0. The average molecular weight is 281 g/mol. The van der Waals surface area contributed by atoms with Crippen molar-refractivity contribution >= 4 is 0 Å². The predicted molar refractivity (Wildman–Crippen MR) is 81.2 cm³/mol. The van der Waals surface area contributed by atoms with Crippen LogP contribution in [0.15, 0.2) is 36.1 Å². The first-order chi connectivity index (χ1) is 9.50. The molecule has 1 rings (SSSR count). The van der Waals surface area contributed by atoms with Crippen molar-refractivity contribution in [3.8, 4) is 0 Å². The van der Waals surface area contributed by atoms with Crippen LogP contribution < -0.4 is 0 Å². The van der Waals surface area contributed by atoms with E-state index in [0.29, 0.717) is 24.9 Å². The highest BCUT2D eigenvalue weighted by Gasteiger charge is 2.18. The van der Waals surface area contributed by atoms with Gasteiger partial charge in [0.25, 0.3) is 0 Å². The van der Waals surface area contributed by atoms with E-state index in [9.17, 15) is 5.11 Å². The number of hydrogen-bond donors (Lipinski definition) is 1. The van der Waals surface area contributed by atoms with Gasteiger partial charge in [0.05, 0.1) is 13.2 Å². The molecule has 1 unspecified atom stereocenters. The largest absolute Gasteiger partial charge is 0.490 e. The van der Waals surface area contributed by atoms with Crippen LogP contribution in [0.3, 0.4) is 0 Å². The highest BCUT2D eigenvalue weighted by atomic mass is 16.5. The van der Waals surface area contributed by atoms with Crippen molar-refractivity contribution in [2.75, 3.05) is 32.9 Å². The molecular weight excluding hydrogens is 254 g/mol. The zero-order chi connectivity index (χ0) is 15.0. The predicted octanol–water partition coefficient (Wildman–Crippen LogP) is 2.33. The fraction of sp³-hybridized carbons (Fsp3) is 0.625. The Morgan fingerprint density at radius 3 is 2.65 bits per heavy atom. The lowest BCUT2D eigenvalue weighted by Crippen LogP contribution is -2.45. The minimum absolute atomic E-state index is 0.232. The summed E-state index contributed by atoms with van der Waals surface area (Å²) in [5, 5.41) is 9.98. The van der Waals surface area contributed by atoms with E-state index in [1.165, 1.54) is 5.57 Å². The summed E-state index contributed by atoms with van der Waals surface area (Å²) in [5.74, 6) is 1.10. The second-order valence-corrected chi connectivity index (χ2v) is 5.33. The first-order valence-electron chi connectivity index (χ1n) is 7.17. The van der Waals surface area contributed by atoms with E-state index in [1.54, 1.807) is 0 Å². The van der Waals surface area contributed by atoms with Gasteiger partial charge in [0, 0.05) is 13.1 Å². The van der Waals surface area contributed by atoms with Gasteiger partial charge in [-0.25, -0.2) is 0 Å².